The Morgan fingerprint density at radius 2 is 2.00 bits per heavy atom. The molecule has 3 aliphatic heterocycles. The maximum Gasteiger partial charge on any atom is 0.263 e. The van der Waals surface area contributed by atoms with Crippen molar-refractivity contribution in [3.8, 4) is 0 Å². The van der Waals surface area contributed by atoms with Crippen LogP contribution in [0.4, 0.5) is 27.4 Å². The van der Waals surface area contributed by atoms with Crippen LogP contribution >= 0.6 is 0 Å². The molecule has 2 saturated heterocycles. The number of hydrogen-bond acceptors (Lipinski definition) is 8. The van der Waals surface area contributed by atoms with Gasteiger partial charge in [0.05, 0.1) is 36.3 Å². The lowest BCUT2D eigenvalue weighted by Gasteiger charge is -2.38. The average molecular weight is 515 g/mol. The molecule has 0 radical (unpaired) electrons. The van der Waals surface area contributed by atoms with Gasteiger partial charge in [-0.2, -0.15) is 5.10 Å². The van der Waals surface area contributed by atoms with E-state index in [0.29, 0.717) is 57.3 Å². The first-order valence-corrected chi connectivity index (χ1v) is 13.0. The van der Waals surface area contributed by atoms with Gasteiger partial charge in [-0.1, -0.05) is 6.92 Å². The minimum atomic E-state index is -1.16. The van der Waals surface area contributed by atoms with Crippen molar-refractivity contribution < 1.29 is 18.7 Å². The highest BCUT2D eigenvalue weighted by molar-refractivity contribution is 6.12. The quantitative estimate of drug-likeness (QED) is 0.553. The van der Waals surface area contributed by atoms with Crippen LogP contribution in [-0.4, -0.2) is 83.6 Å². The van der Waals surface area contributed by atoms with Crippen molar-refractivity contribution in [2.45, 2.75) is 44.8 Å². The first-order valence-electron chi connectivity index (χ1n) is 13.0. The Kier molecular flexibility index (Phi) is 6.93. The molecule has 5 rings (SSSR count). The zero-order chi connectivity index (χ0) is 26.2. The Balaban J connectivity index is 1.30. The first kappa shape index (κ1) is 25.2. The number of piperidine rings is 1. The number of pyridine rings is 1. The van der Waals surface area contributed by atoms with E-state index in [9.17, 15) is 14.0 Å². The normalized spacial score (nSPS) is 24.4. The lowest BCUT2D eigenvalue weighted by molar-refractivity contribution is -0.140. The average Bonchev–Trinajstić information content (AvgIpc) is 3.28. The Bertz CT molecular complexity index is 1160. The number of ether oxygens (including phenoxy) is 1. The Morgan fingerprint density at radius 1 is 1.27 bits per heavy atom. The summed E-state index contributed by atoms with van der Waals surface area (Å²) in [6, 6.07) is 1.86. The van der Waals surface area contributed by atoms with Crippen LogP contribution in [0.1, 0.15) is 43.5 Å². The summed E-state index contributed by atoms with van der Waals surface area (Å²) >= 11 is 0. The molecule has 4 N–H and O–H groups in total. The number of carbonyl (C=O) groups excluding carboxylic acids is 2. The van der Waals surface area contributed by atoms with Crippen LogP contribution in [0.5, 0.6) is 0 Å². The zero-order valence-corrected chi connectivity index (χ0v) is 21.4. The van der Waals surface area contributed by atoms with Crippen LogP contribution in [0.2, 0.25) is 0 Å². The Hall–Kier alpha value is -3.41. The Morgan fingerprint density at radius 3 is 2.70 bits per heavy atom. The van der Waals surface area contributed by atoms with E-state index < -0.39 is 17.6 Å². The summed E-state index contributed by atoms with van der Waals surface area (Å²) in [5.41, 5.74) is 6.83. The van der Waals surface area contributed by atoms with Crippen molar-refractivity contribution in [2.75, 3.05) is 67.2 Å². The van der Waals surface area contributed by atoms with E-state index in [1.54, 1.807) is 19.3 Å². The molecule has 0 aromatic carbocycles. The van der Waals surface area contributed by atoms with Gasteiger partial charge in [0.15, 0.2) is 5.82 Å². The lowest BCUT2D eigenvalue weighted by Crippen LogP contribution is -2.48. The molecule has 200 valence electrons. The molecule has 3 aliphatic rings. The smallest absolute Gasteiger partial charge is 0.263 e. The third-order valence-corrected chi connectivity index (χ3v) is 8.02. The van der Waals surface area contributed by atoms with E-state index in [-0.39, 0.29) is 29.8 Å². The molecule has 11 nitrogen and oxygen atoms in total. The van der Waals surface area contributed by atoms with Crippen molar-refractivity contribution >= 4 is 34.8 Å². The number of aromatic nitrogens is 3. The molecule has 0 aliphatic carbocycles. The molecule has 12 heteroatoms. The van der Waals surface area contributed by atoms with E-state index in [4.69, 9.17) is 10.5 Å². The number of carbonyl (C=O) groups is 2. The van der Waals surface area contributed by atoms with Crippen molar-refractivity contribution in [3.05, 3.63) is 24.0 Å². The summed E-state index contributed by atoms with van der Waals surface area (Å²) in [7, 11) is 0. The number of nitrogens with two attached hydrogens (primary N) is 1. The number of nitrogens with zero attached hydrogens (tertiary/aromatic N) is 5. The number of anilines is 4. The minimum absolute atomic E-state index is 0.00810. The summed E-state index contributed by atoms with van der Waals surface area (Å²) in [5.74, 6) is 0.220. The molecule has 2 aromatic rings. The van der Waals surface area contributed by atoms with Crippen LogP contribution < -0.4 is 21.3 Å². The monoisotopic (exact) mass is 514 g/mol. The summed E-state index contributed by atoms with van der Waals surface area (Å²) in [5, 5.41) is 10.3. The fourth-order valence-corrected chi connectivity index (χ4v) is 5.46. The van der Waals surface area contributed by atoms with Gasteiger partial charge in [-0.05, 0) is 32.3 Å². The molecule has 2 aromatic heterocycles. The van der Waals surface area contributed by atoms with Crippen LogP contribution in [-0.2, 0) is 15.1 Å². The molecule has 0 spiro atoms. The molecular formula is C25H35FN8O3. The SMILES string of the molecule is CCC1(C)C(F)CNc2c(C(=O)Nc3cnccc3N3CCC(C(=O)N4CCOCC4)CC3)c(N)nn21. The van der Waals surface area contributed by atoms with Gasteiger partial charge in [0.2, 0.25) is 5.91 Å². The highest BCUT2D eigenvalue weighted by Gasteiger charge is 2.43. The lowest BCUT2D eigenvalue weighted by atomic mass is 9.91. The first-order chi connectivity index (χ1) is 17.8. The van der Waals surface area contributed by atoms with Gasteiger partial charge in [0.25, 0.3) is 5.91 Å². The topological polar surface area (TPSA) is 131 Å². The number of fused-ring (bicyclic) bond motifs is 1. The second-order valence-corrected chi connectivity index (χ2v) is 10.1. The number of hydrogen-bond donors (Lipinski definition) is 3. The number of halogens is 1. The number of alkyl halides is 1. The molecule has 5 heterocycles. The minimum Gasteiger partial charge on any atom is -0.381 e. The van der Waals surface area contributed by atoms with Crippen molar-refractivity contribution in [1.82, 2.24) is 19.7 Å². The molecule has 37 heavy (non-hydrogen) atoms. The predicted octanol–water partition coefficient (Wildman–Crippen LogP) is 2.08. The third kappa shape index (κ3) is 4.58. The number of nitrogens with one attached hydrogen (secondary N) is 2. The van der Waals surface area contributed by atoms with Gasteiger partial charge < -0.3 is 30.9 Å². The molecule has 0 bridgehead atoms. The molecule has 2 atom stereocenters. The number of amides is 2. The number of nitrogen functional groups attached to an aromatic ring is 1. The molecule has 2 unspecified atom stereocenters. The van der Waals surface area contributed by atoms with E-state index in [2.05, 4.69) is 25.6 Å². The van der Waals surface area contributed by atoms with Gasteiger partial charge in [0, 0.05) is 44.8 Å². The fraction of sp³-hybridized carbons (Fsp3) is 0.600. The van der Waals surface area contributed by atoms with Crippen molar-refractivity contribution in [1.29, 1.82) is 0 Å². The van der Waals surface area contributed by atoms with E-state index in [1.165, 1.54) is 4.68 Å². The summed E-state index contributed by atoms with van der Waals surface area (Å²) in [6.07, 6.45) is 4.09. The van der Waals surface area contributed by atoms with Gasteiger partial charge in [-0.25, -0.2) is 9.07 Å². The maximum absolute atomic E-state index is 14.7. The van der Waals surface area contributed by atoms with E-state index in [1.807, 2.05) is 17.9 Å². The molecule has 0 saturated carbocycles. The molecule has 2 amide bonds. The largest absolute Gasteiger partial charge is 0.381 e. The number of morpholine rings is 1. The summed E-state index contributed by atoms with van der Waals surface area (Å²) < 4.78 is 21.6. The van der Waals surface area contributed by atoms with Gasteiger partial charge in [-0.15, -0.1) is 0 Å². The number of rotatable bonds is 5. The Labute approximate surface area is 215 Å². The van der Waals surface area contributed by atoms with E-state index >= 15 is 0 Å². The van der Waals surface area contributed by atoms with E-state index in [0.717, 1.165) is 18.5 Å². The second-order valence-electron chi connectivity index (χ2n) is 10.1. The molecular weight excluding hydrogens is 479 g/mol. The maximum atomic E-state index is 14.7. The predicted molar refractivity (Wildman–Crippen MR) is 138 cm³/mol. The second kappa shape index (κ2) is 10.2. The van der Waals surface area contributed by atoms with Crippen LogP contribution in [0, 0.1) is 5.92 Å². The summed E-state index contributed by atoms with van der Waals surface area (Å²) in [4.78, 5) is 34.6. The van der Waals surface area contributed by atoms with Crippen LogP contribution in [0.25, 0.3) is 0 Å². The standard InChI is InChI=1S/C25H35FN8O3/c1-3-25(2)19(26)15-29-22-20(21(27)31-34(22)25)23(35)30-17-14-28-7-4-18(17)32-8-5-16(6-9-32)24(36)33-10-12-37-13-11-33/h4,7,14,16,19,29H,3,5-6,8-13,15H2,1-2H3,(H2,27,31)(H,30,35). The van der Waals surface area contributed by atoms with Gasteiger partial charge in [0.1, 0.15) is 17.6 Å². The van der Waals surface area contributed by atoms with Crippen molar-refractivity contribution in [3.63, 3.8) is 0 Å². The molecule has 2 fully saturated rings. The van der Waals surface area contributed by atoms with Crippen LogP contribution in [0.3, 0.4) is 0 Å². The summed E-state index contributed by atoms with van der Waals surface area (Å²) in [6.45, 7) is 7.61. The highest BCUT2D eigenvalue weighted by atomic mass is 19.1. The fourth-order valence-electron chi connectivity index (χ4n) is 5.46. The van der Waals surface area contributed by atoms with Crippen LogP contribution in [0.15, 0.2) is 18.5 Å². The highest BCUT2D eigenvalue weighted by Crippen LogP contribution is 2.38. The van der Waals surface area contributed by atoms with Gasteiger partial charge in [-0.3, -0.25) is 14.6 Å². The third-order valence-electron chi connectivity index (χ3n) is 8.02. The van der Waals surface area contributed by atoms with Crippen molar-refractivity contribution in [2.24, 2.45) is 5.92 Å². The van der Waals surface area contributed by atoms with Gasteiger partial charge >= 0.3 is 0 Å². The zero-order valence-electron chi connectivity index (χ0n) is 21.4.